The number of allylic oxidation sites excluding steroid dienone is 1. The van der Waals surface area contributed by atoms with E-state index in [1.54, 1.807) is 145 Å². The van der Waals surface area contributed by atoms with Gasteiger partial charge in [0.15, 0.2) is 10.7 Å². The fourth-order valence-corrected chi connectivity index (χ4v) is 19.7. The van der Waals surface area contributed by atoms with Gasteiger partial charge in [-0.05, 0) is 174 Å². The summed E-state index contributed by atoms with van der Waals surface area (Å²) >= 11 is 1.35. The Balaban J connectivity index is 0.000000116. The zero-order valence-corrected chi connectivity index (χ0v) is 74.6. The van der Waals surface area contributed by atoms with Crippen molar-refractivity contribution in [2.45, 2.75) is 67.2 Å². The molecule has 9 aliphatic heterocycles. The second-order valence-corrected chi connectivity index (χ2v) is 36.6. The van der Waals surface area contributed by atoms with Crippen LogP contribution in [0.1, 0.15) is 112 Å². The predicted molar refractivity (Wildman–Crippen MR) is 490 cm³/mol. The Labute approximate surface area is 774 Å². The van der Waals surface area contributed by atoms with E-state index < -0.39 is 79.3 Å². The number of urea groups is 2. The molecule has 4 saturated heterocycles. The van der Waals surface area contributed by atoms with Gasteiger partial charge in [-0.3, -0.25) is 83.7 Å². The Morgan fingerprint density at radius 3 is 1.19 bits per heavy atom. The zero-order valence-electron chi connectivity index (χ0n) is 72.9. The van der Waals surface area contributed by atoms with Crippen molar-refractivity contribution in [3.63, 3.8) is 0 Å². The van der Waals surface area contributed by atoms with Crippen molar-refractivity contribution in [1.82, 2.24) is 51.2 Å². The SMILES string of the molecule is COc1ccc2c(c1)C(=O)N(C[C@@]1(c3cc4cc(-c5csc(N)n5)ccc4o3)CC(=O)NC1=O)C2.COc1ccc2c(c1)C(=O)N(C[C@@]1(c3cc4cc(C5=NCC=C5)ccc4o3)CC(=O)NC1=O)C2.COc1ccc2c(c1)C(=O)N(C[C@@]1(c3cc4cc(NC(N)=O)ccc4o3)NC(=O)NC1=O)C2.COc1ccc2c(c1)C(=O)N(C[C@@]1(c3cc4cc(NS(C)(=O)=O)ccc4o3)CC(=O)NC1=O)C2. The van der Waals surface area contributed by atoms with Crippen molar-refractivity contribution < 1.29 is 107 Å². The van der Waals surface area contributed by atoms with E-state index in [4.69, 9.17) is 48.1 Å². The summed E-state index contributed by atoms with van der Waals surface area (Å²) in [5.41, 5.74) is 16.8. The fraction of sp³-hybridized carbons (Fsp3) is 0.219. The van der Waals surface area contributed by atoms with Crippen molar-refractivity contribution >= 4 is 164 Å². The van der Waals surface area contributed by atoms with E-state index in [1.165, 1.54) is 41.4 Å². The van der Waals surface area contributed by atoms with E-state index in [2.05, 4.69) is 46.6 Å². The summed E-state index contributed by atoms with van der Waals surface area (Å²) < 4.78 is 70.6. The predicted octanol–water partition coefficient (Wildman–Crippen LogP) is 9.20. The molecule has 0 unspecified atom stereocenters. The molecule has 9 aliphatic rings. The van der Waals surface area contributed by atoms with Gasteiger partial charge in [-0.15, -0.1) is 11.3 Å². The first-order valence-corrected chi connectivity index (χ1v) is 45.1. The maximum absolute atomic E-state index is 13.2. The number of hydrogen-bond donors (Lipinski definition) is 9. The largest absolute Gasteiger partial charge is 0.497 e. The van der Waals surface area contributed by atoms with Crippen molar-refractivity contribution in [2.75, 3.05) is 83.2 Å². The number of nitrogens with zero attached hydrogens (tertiary/aromatic N) is 6. The third kappa shape index (κ3) is 16.2. The minimum atomic E-state index is -3.48. The number of furan rings is 4. The number of aromatic nitrogens is 1. The van der Waals surface area contributed by atoms with Gasteiger partial charge in [0.25, 0.3) is 29.5 Å². The molecule has 0 bridgehead atoms. The molecule has 0 saturated carbocycles. The van der Waals surface area contributed by atoms with Gasteiger partial charge in [-0.1, -0.05) is 30.3 Å². The van der Waals surface area contributed by atoms with Crippen LogP contribution in [0.3, 0.4) is 0 Å². The molecule has 5 aromatic heterocycles. The second kappa shape index (κ2) is 34.1. The number of nitrogens with two attached hydrogens (primary N) is 2. The zero-order chi connectivity index (χ0) is 95.3. The highest BCUT2D eigenvalue weighted by Crippen LogP contribution is 2.46. The number of thiazole rings is 1. The molecule has 0 aliphatic carbocycles. The highest BCUT2D eigenvalue weighted by atomic mass is 32.2. The van der Waals surface area contributed by atoms with Gasteiger partial charge in [0.1, 0.15) is 84.6 Å². The number of ether oxygens (including phenoxy) is 4. The van der Waals surface area contributed by atoms with E-state index in [9.17, 15) is 70.7 Å². The first-order chi connectivity index (χ1) is 65.2. The van der Waals surface area contributed by atoms with E-state index in [0.717, 1.165) is 61.8 Å². The molecule has 8 aromatic carbocycles. The van der Waals surface area contributed by atoms with Gasteiger partial charge in [-0.25, -0.2) is 23.0 Å². The number of sulfonamides is 1. The molecule has 38 nitrogen and oxygen atoms in total. The Morgan fingerprint density at radius 2 is 0.831 bits per heavy atom. The van der Waals surface area contributed by atoms with Crippen LogP contribution in [0.5, 0.6) is 23.0 Å². The molecule has 0 spiro atoms. The molecule has 40 heteroatoms. The molecule has 4 fully saturated rings. The Kier molecular flexibility index (Phi) is 22.2. The number of primary amides is 1. The van der Waals surface area contributed by atoms with Gasteiger partial charge in [0, 0.05) is 117 Å². The van der Waals surface area contributed by atoms with E-state index in [-0.39, 0.29) is 99.6 Å². The normalized spacial score (nSPS) is 20.1. The lowest BCUT2D eigenvalue weighted by Crippen LogP contribution is -2.52. The minimum absolute atomic E-state index is 0.00962. The Hall–Kier alpha value is -16.8. The first-order valence-electron chi connectivity index (χ1n) is 42.3. The third-order valence-electron chi connectivity index (χ3n) is 25.2. The van der Waals surface area contributed by atoms with Gasteiger partial charge in [-0.2, -0.15) is 0 Å². The average Bonchev–Trinajstić information content (AvgIpc) is 1.60. The average molecular weight is 1880 g/mol. The maximum atomic E-state index is 13.2. The number of aliphatic imine (C=N–C) groups is 1. The van der Waals surface area contributed by atoms with Gasteiger partial charge < -0.3 is 78.3 Å². The smallest absolute Gasteiger partial charge is 0.322 e. The number of amides is 15. The van der Waals surface area contributed by atoms with Crippen LogP contribution in [0.15, 0.2) is 210 Å². The molecule has 11 N–H and O–H groups in total. The second-order valence-electron chi connectivity index (χ2n) is 34.0. The van der Waals surface area contributed by atoms with E-state index in [1.807, 2.05) is 60.0 Å². The lowest BCUT2D eigenvalue weighted by atomic mass is 9.82. The number of methoxy groups -OCH3 is 4. The molecular formula is C96H81N15O23S2. The number of hydrogen-bond acceptors (Lipinski definition) is 27. The number of anilines is 3. The molecule has 136 heavy (non-hydrogen) atoms. The standard InChI is InChI=1S/C26H21N3O5.C25H20N4O5S.C23H21N3O7S.C22H19N5O6/c1-33-18-6-4-16-13-29(24(31)19(16)11-18)14-26(12-23(30)28-25(26)32)22-10-17-9-15(5-7-21(17)34-22)20-3-2-8-27-20;1-33-16-4-2-14-10-29(22(31)17(14)8-16)12-25(9-21(30)28-23(25)32)20-7-15-6-13(3-5-19(15)34-20)18-11-35-24(26)27-18;1-32-16-5-3-13-11-26(21(28)17(13)9-16)12-23(10-20(27)24-22(23)29)19-8-14-7-15(25-34(2,30)31)4-6-18(14)33-19;1-32-14-4-2-11-9-27(18(28)15(11)8-14)10-22(19(29)25-21(31)26-22)17-7-12-6-13(24-20(23)30)3-5-16(12)33-17/h2-7,9-11H,8,12-14H2,1H3,(H,28,30,32);2-8,11H,9-10,12H2,1H3,(H2,26,27)(H,28,30,32);3-9,25H,10-12H2,1-2H3,(H,24,27,29);2-8H,9-10H2,1H3,(H3,23,24,30)(H2,25,26,29,31)/t26-;25-;23-;22-/m1110/s1. The van der Waals surface area contributed by atoms with Crippen molar-refractivity contribution in [2.24, 2.45) is 10.7 Å². The molecule has 15 amide bonds. The first kappa shape index (κ1) is 88.5. The molecule has 690 valence electrons. The summed E-state index contributed by atoms with van der Waals surface area (Å²) in [6.45, 7) is 1.71. The van der Waals surface area contributed by atoms with Gasteiger partial charge in [0.2, 0.25) is 45.5 Å². The maximum Gasteiger partial charge on any atom is 0.322 e. The van der Waals surface area contributed by atoms with Crippen molar-refractivity contribution in [3.8, 4) is 34.3 Å². The lowest BCUT2D eigenvalue weighted by Gasteiger charge is -2.29. The van der Waals surface area contributed by atoms with E-state index in [0.29, 0.717) is 126 Å². The summed E-state index contributed by atoms with van der Waals surface area (Å²) in [4.78, 5) is 180. The number of imide groups is 4. The quantitative estimate of drug-likeness (QED) is 0.0239. The monoisotopic (exact) mass is 1880 g/mol. The summed E-state index contributed by atoms with van der Waals surface area (Å²) in [6.07, 6.45) is 4.64. The number of fused-ring (bicyclic) bond motifs is 8. The Bertz CT molecular complexity index is 7570. The molecule has 13 aromatic rings. The Morgan fingerprint density at radius 1 is 0.456 bits per heavy atom. The number of rotatable bonds is 21. The number of benzene rings is 8. The van der Waals surface area contributed by atoms with Crippen LogP contribution in [0.25, 0.3) is 55.1 Å². The van der Waals surface area contributed by atoms with Crippen LogP contribution in [0.4, 0.5) is 26.1 Å². The van der Waals surface area contributed by atoms with Gasteiger partial charge >= 0.3 is 12.1 Å². The summed E-state index contributed by atoms with van der Waals surface area (Å²) in [6, 6.07) is 47.3. The topological polar surface area (TPSA) is 520 Å². The van der Waals surface area contributed by atoms with Gasteiger partial charge in [0.05, 0.1) is 78.5 Å². The van der Waals surface area contributed by atoms with Crippen LogP contribution in [-0.2, 0) is 91.5 Å². The van der Waals surface area contributed by atoms with Crippen molar-refractivity contribution in [3.05, 3.63) is 261 Å². The fourth-order valence-electron chi connectivity index (χ4n) is 18.5. The highest BCUT2D eigenvalue weighted by Gasteiger charge is 2.58. The van der Waals surface area contributed by atoms with Crippen LogP contribution >= 0.6 is 11.3 Å². The number of nitrogens with one attached hydrogen (secondary N) is 7. The van der Waals surface area contributed by atoms with E-state index >= 15 is 0 Å². The molecule has 0 radical (unpaired) electrons. The highest BCUT2D eigenvalue weighted by molar-refractivity contribution is 7.92. The molecule has 4 atom stereocenters. The summed E-state index contributed by atoms with van der Waals surface area (Å²) in [7, 11) is 2.64. The van der Waals surface area contributed by atoms with Crippen molar-refractivity contribution in [1.29, 1.82) is 0 Å². The molecular weight excluding hydrogens is 1800 g/mol. The van der Waals surface area contributed by atoms with Crippen LogP contribution in [-0.4, -0.2) is 183 Å². The lowest BCUT2D eigenvalue weighted by molar-refractivity contribution is -0.128. The number of carbonyl (C=O) groups is 13. The molecule has 14 heterocycles. The summed E-state index contributed by atoms with van der Waals surface area (Å²) in [5.74, 6) is -0.999. The minimum Gasteiger partial charge on any atom is -0.497 e. The molecule has 22 rings (SSSR count). The number of carbonyl (C=O) groups excluding carboxylic acids is 13. The summed E-state index contributed by atoms with van der Waals surface area (Å²) in [5, 5.41) is 19.5. The van der Waals surface area contributed by atoms with Crippen LogP contribution in [0.2, 0.25) is 0 Å². The van der Waals surface area contributed by atoms with Crippen LogP contribution < -0.4 is 67.0 Å². The number of nitrogen functional groups attached to an aromatic ring is 1. The van der Waals surface area contributed by atoms with Crippen LogP contribution in [0, 0.1) is 0 Å². The third-order valence-corrected chi connectivity index (χ3v) is 26.5.